The number of methoxy groups -OCH3 is 1. The summed E-state index contributed by atoms with van der Waals surface area (Å²) >= 11 is 7.12. The molecule has 1 aliphatic heterocycles. The number of ether oxygens (including phenoxy) is 2. The molecular weight excluding hydrogens is 548 g/mol. The lowest BCUT2D eigenvalue weighted by atomic mass is 9.71. The molecule has 0 radical (unpaired) electrons. The smallest absolute Gasteiger partial charge is 0.374 e. The molecule has 3 atom stereocenters. The largest absolute Gasteiger partial charge is 0.490 e. The quantitative estimate of drug-likeness (QED) is 0.306. The van der Waals surface area contributed by atoms with Crippen LogP contribution in [0.1, 0.15) is 35.4 Å². The SMILES string of the molecule is COC(=O)c1ccc(SN[C@@H]2CC[C@@]3(S(=O)(=O)c4ccc(Cl)cc4)c4c(F)ccc(F)c4OC[C@H]3C2)o1. The zero-order valence-electron chi connectivity index (χ0n) is 19.5. The molecule has 12 heteroatoms. The summed E-state index contributed by atoms with van der Waals surface area (Å²) in [5.41, 5.74) is -0.265. The summed E-state index contributed by atoms with van der Waals surface area (Å²) in [5, 5.41) is 0.778. The molecule has 5 rings (SSSR count). The maximum Gasteiger partial charge on any atom is 0.374 e. The van der Waals surface area contributed by atoms with Crippen LogP contribution in [0.3, 0.4) is 0 Å². The highest BCUT2D eigenvalue weighted by Gasteiger charge is 2.59. The van der Waals surface area contributed by atoms with Crippen molar-refractivity contribution in [1.82, 2.24) is 4.72 Å². The number of hydrogen-bond donors (Lipinski definition) is 1. The van der Waals surface area contributed by atoms with Gasteiger partial charge in [-0.05, 0) is 79.7 Å². The molecule has 1 N–H and O–H groups in total. The van der Waals surface area contributed by atoms with Crippen LogP contribution in [0.25, 0.3) is 0 Å². The van der Waals surface area contributed by atoms with Crippen molar-refractivity contribution in [1.29, 1.82) is 0 Å². The number of fused-ring (bicyclic) bond motifs is 3. The summed E-state index contributed by atoms with van der Waals surface area (Å²) in [7, 11) is -2.95. The molecule has 2 aromatic carbocycles. The number of furan rings is 1. The minimum atomic E-state index is -4.20. The first-order valence-electron chi connectivity index (χ1n) is 11.4. The van der Waals surface area contributed by atoms with Crippen molar-refractivity contribution >= 4 is 39.4 Å². The van der Waals surface area contributed by atoms with Gasteiger partial charge in [0.2, 0.25) is 5.76 Å². The van der Waals surface area contributed by atoms with Gasteiger partial charge in [0, 0.05) is 17.0 Å². The van der Waals surface area contributed by atoms with Crippen LogP contribution in [0, 0.1) is 17.6 Å². The fourth-order valence-electron chi connectivity index (χ4n) is 5.17. The van der Waals surface area contributed by atoms with Crippen molar-refractivity contribution in [2.75, 3.05) is 13.7 Å². The molecule has 0 spiro atoms. The molecule has 3 aromatic rings. The Morgan fingerprint density at radius 2 is 1.86 bits per heavy atom. The van der Waals surface area contributed by atoms with Gasteiger partial charge in [-0.2, -0.15) is 0 Å². The predicted octanol–water partition coefficient (Wildman–Crippen LogP) is 5.53. The summed E-state index contributed by atoms with van der Waals surface area (Å²) in [6.07, 6.45) is 0.680. The van der Waals surface area contributed by atoms with E-state index in [2.05, 4.69) is 9.46 Å². The standard InChI is InChI=1S/C25H22ClF2NO6S2/c1-33-24(30)20-8-9-21(35-20)36-29-16-10-11-25(37(31,32)17-4-2-15(26)3-5-17)14(12-16)13-34-23-19(28)7-6-18(27)22(23)25/h2-9,14,16,29H,10-13H2,1H3/t14-,16-,25+/m1/s1. The third kappa shape index (κ3) is 4.41. The lowest BCUT2D eigenvalue weighted by Gasteiger charge is -2.49. The Labute approximate surface area is 221 Å². The summed E-state index contributed by atoms with van der Waals surface area (Å²) in [4.78, 5) is 11.6. The van der Waals surface area contributed by atoms with E-state index in [4.69, 9.17) is 20.8 Å². The molecule has 1 aromatic heterocycles. The number of hydrogen-bond acceptors (Lipinski definition) is 8. The van der Waals surface area contributed by atoms with E-state index >= 15 is 4.39 Å². The molecule has 196 valence electrons. The van der Waals surface area contributed by atoms with E-state index in [1.54, 1.807) is 6.07 Å². The van der Waals surface area contributed by atoms with E-state index < -0.39 is 38.1 Å². The number of esters is 1. The molecule has 1 aliphatic carbocycles. The van der Waals surface area contributed by atoms with Crippen LogP contribution in [0.4, 0.5) is 8.78 Å². The number of nitrogens with one attached hydrogen (secondary N) is 1. The first-order valence-corrected chi connectivity index (χ1v) is 14.1. The second-order valence-corrected chi connectivity index (χ2v) is 12.4. The maximum absolute atomic E-state index is 15.3. The lowest BCUT2D eigenvalue weighted by molar-refractivity contribution is 0.0559. The topological polar surface area (TPSA) is 94.8 Å². The van der Waals surface area contributed by atoms with E-state index in [0.29, 0.717) is 23.0 Å². The van der Waals surface area contributed by atoms with Gasteiger partial charge >= 0.3 is 5.97 Å². The van der Waals surface area contributed by atoms with E-state index in [1.165, 1.54) is 37.4 Å². The number of carbonyl (C=O) groups excluding carboxylic acids is 1. The molecule has 1 fully saturated rings. The molecule has 2 aliphatic rings. The van der Waals surface area contributed by atoms with E-state index in [-0.39, 0.29) is 41.0 Å². The Kier molecular flexibility index (Phi) is 6.99. The summed E-state index contributed by atoms with van der Waals surface area (Å²) in [5.74, 6) is -3.22. The van der Waals surface area contributed by atoms with Gasteiger partial charge in [-0.25, -0.2) is 22.0 Å². The van der Waals surface area contributed by atoms with Crippen molar-refractivity contribution in [3.05, 3.63) is 76.5 Å². The monoisotopic (exact) mass is 569 g/mol. The van der Waals surface area contributed by atoms with E-state index in [9.17, 15) is 17.6 Å². The van der Waals surface area contributed by atoms with Gasteiger partial charge in [0.05, 0.1) is 24.2 Å². The van der Waals surface area contributed by atoms with Crippen molar-refractivity contribution in [2.45, 2.75) is 40.0 Å². The zero-order valence-corrected chi connectivity index (χ0v) is 21.9. The number of carbonyl (C=O) groups is 1. The van der Waals surface area contributed by atoms with Crippen molar-refractivity contribution in [2.24, 2.45) is 5.92 Å². The minimum absolute atomic E-state index is 0.0230. The first kappa shape index (κ1) is 26.0. The Bertz CT molecular complexity index is 1450. The van der Waals surface area contributed by atoms with Crippen LogP contribution in [0.2, 0.25) is 5.02 Å². The maximum atomic E-state index is 15.3. The van der Waals surface area contributed by atoms with Crippen LogP contribution in [0.15, 0.2) is 62.9 Å². The van der Waals surface area contributed by atoms with E-state index in [0.717, 1.165) is 24.1 Å². The summed E-state index contributed by atoms with van der Waals surface area (Å²) in [6, 6.07) is 10.5. The lowest BCUT2D eigenvalue weighted by Crippen LogP contribution is -2.54. The average molecular weight is 570 g/mol. The minimum Gasteiger partial charge on any atom is -0.490 e. The van der Waals surface area contributed by atoms with Gasteiger partial charge in [0.1, 0.15) is 10.6 Å². The average Bonchev–Trinajstić information content (AvgIpc) is 3.38. The van der Waals surface area contributed by atoms with Crippen LogP contribution in [-0.2, 0) is 19.3 Å². The van der Waals surface area contributed by atoms with E-state index in [1.807, 2.05) is 0 Å². The highest BCUT2D eigenvalue weighted by molar-refractivity contribution is 7.97. The van der Waals surface area contributed by atoms with Gasteiger partial charge in [-0.15, -0.1) is 0 Å². The van der Waals surface area contributed by atoms with Crippen LogP contribution < -0.4 is 9.46 Å². The van der Waals surface area contributed by atoms with Crippen molar-refractivity contribution in [3.63, 3.8) is 0 Å². The van der Waals surface area contributed by atoms with Crippen molar-refractivity contribution < 1.29 is 35.9 Å². The van der Waals surface area contributed by atoms with Gasteiger partial charge in [0.25, 0.3) is 0 Å². The van der Waals surface area contributed by atoms with Gasteiger partial charge in [0.15, 0.2) is 26.5 Å². The third-order valence-corrected chi connectivity index (χ3v) is 10.6. The number of sulfone groups is 1. The zero-order chi connectivity index (χ0) is 26.4. The summed E-state index contributed by atoms with van der Waals surface area (Å²) < 4.78 is 75.7. The van der Waals surface area contributed by atoms with Crippen LogP contribution in [-0.4, -0.2) is 34.1 Å². The molecule has 2 heterocycles. The van der Waals surface area contributed by atoms with Gasteiger partial charge in [-0.3, -0.25) is 4.72 Å². The molecule has 0 bridgehead atoms. The van der Waals surface area contributed by atoms with Crippen LogP contribution in [0.5, 0.6) is 5.75 Å². The fraction of sp³-hybridized carbons (Fsp3) is 0.320. The number of halogens is 3. The normalized spacial score (nSPS) is 23.0. The third-order valence-electron chi connectivity index (χ3n) is 6.90. The Morgan fingerprint density at radius 1 is 1.14 bits per heavy atom. The first-order chi connectivity index (χ1) is 17.7. The Balaban J connectivity index is 1.48. The van der Waals surface area contributed by atoms with Crippen LogP contribution >= 0.6 is 23.5 Å². The summed E-state index contributed by atoms with van der Waals surface area (Å²) in [6.45, 7) is -0.101. The van der Waals surface area contributed by atoms with Gasteiger partial charge in [-0.1, -0.05) is 11.6 Å². The fourth-order valence-corrected chi connectivity index (χ4v) is 8.43. The highest BCUT2D eigenvalue weighted by Crippen LogP contribution is 2.56. The second kappa shape index (κ2) is 9.94. The number of rotatable bonds is 6. The molecular formula is C25H22ClF2NO6S2. The van der Waals surface area contributed by atoms with Gasteiger partial charge < -0.3 is 13.9 Å². The molecule has 0 saturated heterocycles. The van der Waals surface area contributed by atoms with Crippen molar-refractivity contribution in [3.8, 4) is 5.75 Å². The molecule has 1 saturated carbocycles. The molecule has 7 nitrogen and oxygen atoms in total. The Hall–Kier alpha value is -2.60. The predicted molar refractivity (Wildman–Crippen MR) is 132 cm³/mol. The number of benzene rings is 2. The molecule has 0 amide bonds. The molecule has 37 heavy (non-hydrogen) atoms. The highest BCUT2D eigenvalue weighted by atomic mass is 35.5. The molecule has 0 unspecified atom stereocenters. The second-order valence-electron chi connectivity index (χ2n) is 8.89. The Morgan fingerprint density at radius 3 is 2.59 bits per heavy atom.